The van der Waals surface area contributed by atoms with Gasteiger partial charge in [0.1, 0.15) is 17.3 Å². The number of carbonyl (C=O) groups excluding carboxylic acids is 1. The largest absolute Gasteiger partial charge is 0.507 e. The fourth-order valence-electron chi connectivity index (χ4n) is 1.94. The van der Waals surface area contributed by atoms with Gasteiger partial charge in [0.15, 0.2) is 6.61 Å². The Labute approximate surface area is 147 Å². The van der Waals surface area contributed by atoms with Crippen LogP contribution in [0.5, 0.6) is 11.5 Å². The van der Waals surface area contributed by atoms with Gasteiger partial charge in [0.05, 0.1) is 5.71 Å². The molecule has 24 heavy (non-hydrogen) atoms. The number of phenolic OH excluding ortho intramolecular Hbond substituents is 1. The van der Waals surface area contributed by atoms with Crippen LogP contribution in [0.25, 0.3) is 0 Å². The van der Waals surface area contributed by atoms with Crippen molar-refractivity contribution < 1.29 is 19.0 Å². The number of nitrogens with one attached hydrogen (secondary N) is 1. The first-order valence-electron chi connectivity index (χ1n) is 7.22. The highest BCUT2D eigenvalue weighted by molar-refractivity contribution is 9.10. The lowest BCUT2D eigenvalue weighted by atomic mass is 10.1. The number of nitrogens with zero attached hydrogens (tertiary/aromatic N) is 1. The highest BCUT2D eigenvalue weighted by Gasteiger charge is 2.09. The van der Waals surface area contributed by atoms with Gasteiger partial charge in [-0.15, -0.1) is 0 Å². The summed E-state index contributed by atoms with van der Waals surface area (Å²) in [6, 6.07) is 10.5. The molecule has 0 heterocycles. The van der Waals surface area contributed by atoms with Crippen LogP contribution < -0.4 is 10.2 Å². The van der Waals surface area contributed by atoms with Crippen molar-refractivity contribution in [2.24, 2.45) is 5.10 Å². The number of halogens is 2. The second kappa shape index (κ2) is 8.44. The van der Waals surface area contributed by atoms with E-state index in [9.17, 15) is 14.3 Å². The van der Waals surface area contributed by atoms with Crippen LogP contribution >= 0.6 is 15.9 Å². The van der Waals surface area contributed by atoms with Gasteiger partial charge in [0.2, 0.25) is 0 Å². The van der Waals surface area contributed by atoms with Gasteiger partial charge in [-0.1, -0.05) is 28.9 Å². The molecule has 0 aromatic heterocycles. The smallest absolute Gasteiger partial charge is 0.277 e. The summed E-state index contributed by atoms with van der Waals surface area (Å²) in [4.78, 5) is 11.8. The van der Waals surface area contributed by atoms with Crippen LogP contribution in [0.3, 0.4) is 0 Å². The van der Waals surface area contributed by atoms with E-state index in [1.165, 1.54) is 18.2 Å². The Morgan fingerprint density at radius 1 is 1.33 bits per heavy atom. The zero-order valence-electron chi connectivity index (χ0n) is 12.9. The molecule has 0 spiro atoms. The summed E-state index contributed by atoms with van der Waals surface area (Å²) >= 11 is 3.33. The topological polar surface area (TPSA) is 70.9 Å². The molecule has 0 aliphatic rings. The predicted octanol–water partition coefficient (Wildman–Crippen LogP) is 3.60. The number of ether oxygens (including phenoxy) is 1. The Morgan fingerprint density at radius 3 is 2.83 bits per heavy atom. The van der Waals surface area contributed by atoms with Crippen molar-refractivity contribution in [3.8, 4) is 11.5 Å². The molecule has 0 saturated heterocycles. The molecule has 2 aromatic carbocycles. The molecular weight excluding hydrogens is 379 g/mol. The second-order valence-electron chi connectivity index (χ2n) is 4.85. The van der Waals surface area contributed by atoms with Gasteiger partial charge in [0.25, 0.3) is 5.91 Å². The van der Waals surface area contributed by atoms with E-state index >= 15 is 0 Å². The Bertz CT molecular complexity index is 765. The molecule has 0 radical (unpaired) electrons. The van der Waals surface area contributed by atoms with Crippen LogP contribution in [0.2, 0.25) is 0 Å². The molecule has 5 nitrogen and oxygen atoms in total. The maximum atomic E-state index is 13.0. The van der Waals surface area contributed by atoms with Crippen molar-refractivity contribution in [2.75, 3.05) is 6.61 Å². The van der Waals surface area contributed by atoms with Crippen LogP contribution in [0.15, 0.2) is 52.0 Å². The lowest BCUT2D eigenvalue weighted by Crippen LogP contribution is -2.26. The summed E-state index contributed by atoms with van der Waals surface area (Å²) < 4.78 is 19.0. The maximum absolute atomic E-state index is 13.0. The number of aromatic hydroxyl groups is 1. The molecule has 0 saturated carbocycles. The zero-order valence-corrected chi connectivity index (χ0v) is 14.5. The number of hydrogen-bond acceptors (Lipinski definition) is 4. The van der Waals surface area contributed by atoms with Crippen molar-refractivity contribution in [2.45, 2.75) is 13.3 Å². The molecule has 0 bridgehead atoms. The third-order valence-corrected chi connectivity index (χ3v) is 3.58. The van der Waals surface area contributed by atoms with Gasteiger partial charge in [-0.2, -0.15) is 5.10 Å². The minimum Gasteiger partial charge on any atom is -0.507 e. The molecule has 0 fully saturated rings. The SMILES string of the molecule is CC/C(=N\NC(=O)COc1cccc(F)c1)c1cc(Br)ccc1O. The lowest BCUT2D eigenvalue weighted by Gasteiger charge is -2.09. The second-order valence-corrected chi connectivity index (χ2v) is 5.77. The molecule has 2 rings (SSSR count). The van der Waals surface area contributed by atoms with Gasteiger partial charge in [-0.05, 0) is 36.8 Å². The van der Waals surface area contributed by atoms with Gasteiger partial charge in [-0.25, -0.2) is 9.82 Å². The molecule has 126 valence electrons. The summed E-state index contributed by atoms with van der Waals surface area (Å²) in [5.41, 5.74) is 3.41. The molecule has 0 aliphatic heterocycles. The quantitative estimate of drug-likeness (QED) is 0.580. The summed E-state index contributed by atoms with van der Waals surface area (Å²) in [6.45, 7) is 1.56. The first-order chi connectivity index (χ1) is 11.5. The lowest BCUT2D eigenvalue weighted by molar-refractivity contribution is -0.123. The van der Waals surface area contributed by atoms with Gasteiger partial charge in [-0.3, -0.25) is 4.79 Å². The van der Waals surface area contributed by atoms with Crippen LogP contribution in [0, 0.1) is 5.82 Å². The van der Waals surface area contributed by atoms with Crippen LogP contribution in [-0.4, -0.2) is 23.3 Å². The van der Waals surface area contributed by atoms with E-state index in [1.807, 2.05) is 6.92 Å². The van der Waals surface area contributed by atoms with E-state index in [0.717, 1.165) is 4.47 Å². The molecule has 0 aliphatic carbocycles. The number of phenols is 1. The number of benzene rings is 2. The van der Waals surface area contributed by atoms with E-state index in [0.29, 0.717) is 17.7 Å². The fraction of sp³-hybridized carbons (Fsp3) is 0.176. The predicted molar refractivity (Wildman–Crippen MR) is 92.7 cm³/mol. The van der Waals surface area contributed by atoms with Gasteiger partial charge < -0.3 is 9.84 Å². The van der Waals surface area contributed by atoms with Crippen molar-refractivity contribution >= 4 is 27.5 Å². The molecule has 2 aromatic rings. The van der Waals surface area contributed by atoms with E-state index in [1.54, 1.807) is 24.3 Å². The standard InChI is InChI=1S/C17H16BrFN2O3/c1-2-15(14-8-11(18)6-7-16(14)22)20-21-17(23)10-24-13-5-3-4-12(19)9-13/h3-9,22H,2,10H2,1H3,(H,21,23)/b20-15+. The molecule has 1 amide bonds. The number of carbonyl (C=O) groups is 1. The molecule has 7 heteroatoms. The average Bonchev–Trinajstić information content (AvgIpc) is 2.56. The van der Waals surface area contributed by atoms with Crippen molar-refractivity contribution in [1.82, 2.24) is 5.43 Å². The van der Waals surface area contributed by atoms with Gasteiger partial charge >= 0.3 is 0 Å². The van der Waals surface area contributed by atoms with Crippen LogP contribution in [-0.2, 0) is 4.79 Å². The molecule has 0 atom stereocenters. The number of rotatable bonds is 6. The highest BCUT2D eigenvalue weighted by Crippen LogP contribution is 2.23. The summed E-state index contributed by atoms with van der Waals surface area (Å²) in [5, 5.41) is 13.9. The number of amides is 1. The molecular formula is C17H16BrFN2O3. The zero-order chi connectivity index (χ0) is 17.5. The Balaban J connectivity index is 1.99. The van der Waals surface area contributed by atoms with E-state index in [-0.39, 0.29) is 18.1 Å². The van der Waals surface area contributed by atoms with E-state index < -0.39 is 11.7 Å². The third kappa shape index (κ3) is 5.06. The average molecular weight is 395 g/mol. The first-order valence-corrected chi connectivity index (χ1v) is 8.01. The highest BCUT2D eigenvalue weighted by atomic mass is 79.9. The first kappa shape index (κ1) is 17.9. The van der Waals surface area contributed by atoms with Gasteiger partial charge in [0, 0.05) is 16.1 Å². The van der Waals surface area contributed by atoms with Crippen molar-refractivity contribution in [1.29, 1.82) is 0 Å². The normalized spacial score (nSPS) is 11.2. The number of hydrogen-bond donors (Lipinski definition) is 2. The minimum absolute atomic E-state index is 0.0732. The van der Waals surface area contributed by atoms with Crippen molar-refractivity contribution in [3.05, 3.63) is 58.3 Å². The molecule has 2 N–H and O–H groups in total. The summed E-state index contributed by atoms with van der Waals surface area (Å²) in [7, 11) is 0. The Morgan fingerprint density at radius 2 is 2.12 bits per heavy atom. The van der Waals surface area contributed by atoms with E-state index in [4.69, 9.17) is 4.74 Å². The van der Waals surface area contributed by atoms with Crippen LogP contribution in [0.4, 0.5) is 4.39 Å². The monoisotopic (exact) mass is 394 g/mol. The minimum atomic E-state index is -0.486. The maximum Gasteiger partial charge on any atom is 0.277 e. The molecule has 0 unspecified atom stereocenters. The Hall–Kier alpha value is -2.41. The summed E-state index contributed by atoms with van der Waals surface area (Å²) in [6.07, 6.45) is 0.509. The number of hydrazone groups is 1. The van der Waals surface area contributed by atoms with Crippen molar-refractivity contribution in [3.63, 3.8) is 0 Å². The summed E-state index contributed by atoms with van der Waals surface area (Å²) in [5.74, 6) is -0.595. The fourth-order valence-corrected chi connectivity index (χ4v) is 2.30. The van der Waals surface area contributed by atoms with E-state index in [2.05, 4.69) is 26.5 Å². The Kier molecular flexibility index (Phi) is 6.31. The third-order valence-electron chi connectivity index (χ3n) is 3.09. The van der Waals surface area contributed by atoms with Crippen LogP contribution in [0.1, 0.15) is 18.9 Å².